The Labute approximate surface area is 127 Å². The smallest absolute Gasteiger partial charge is 0.261 e. The van der Waals surface area contributed by atoms with Crippen molar-refractivity contribution in [3.8, 4) is 0 Å². The SMILES string of the molecule is CCn1nc(C)c(Cl)c1CC1(O)C(=O)Nc2ccccc21. The van der Waals surface area contributed by atoms with Gasteiger partial charge in [0.2, 0.25) is 0 Å². The van der Waals surface area contributed by atoms with Crippen LogP contribution in [-0.2, 0) is 23.4 Å². The molecule has 0 saturated heterocycles. The Morgan fingerprint density at radius 3 is 2.86 bits per heavy atom. The van der Waals surface area contributed by atoms with Crippen molar-refractivity contribution >= 4 is 23.2 Å². The molecule has 0 spiro atoms. The molecule has 0 fully saturated rings. The molecule has 1 atom stereocenters. The number of carbonyl (C=O) groups excluding carboxylic acids is 1. The van der Waals surface area contributed by atoms with Gasteiger partial charge in [0, 0.05) is 24.2 Å². The highest BCUT2D eigenvalue weighted by atomic mass is 35.5. The Kier molecular flexibility index (Phi) is 3.26. The van der Waals surface area contributed by atoms with Crippen LogP contribution in [0.3, 0.4) is 0 Å². The average molecular weight is 306 g/mol. The van der Waals surface area contributed by atoms with Crippen LogP contribution in [0.4, 0.5) is 5.69 Å². The minimum absolute atomic E-state index is 0.101. The Hall–Kier alpha value is -1.85. The van der Waals surface area contributed by atoms with Gasteiger partial charge in [0.05, 0.1) is 16.4 Å². The lowest BCUT2D eigenvalue weighted by atomic mass is 9.90. The highest BCUT2D eigenvalue weighted by molar-refractivity contribution is 6.31. The van der Waals surface area contributed by atoms with Gasteiger partial charge in [0.25, 0.3) is 5.91 Å². The van der Waals surface area contributed by atoms with E-state index in [-0.39, 0.29) is 6.42 Å². The summed E-state index contributed by atoms with van der Waals surface area (Å²) in [5.74, 6) is -0.429. The van der Waals surface area contributed by atoms with Crippen LogP contribution in [-0.4, -0.2) is 20.8 Å². The summed E-state index contributed by atoms with van der Waals surface area (Å²) in [7, 11) is 0. The fourth-order valence-electron chi connectivity index (χ4n) is 2.76. The molecule has 0 aliphatic carbocycles. The molecule has 1 amide bonds. The number of aromatic nitrogens is 2. The fraction of sp³-hybridized carbons (Fsp3) is 0.333. The second kappa shape index (κ2) is 4.86. The van der Waals surface area contributed by atoms with E-state index in [1.54, 1.807) is 22.9 Å². The number of para-hydroxylation sites is 1. The minimum atomic E-state index is -1.61. The number of aliphatic hydroxyl groups is 1. The third-order valence-electron chi connectivity index (χ3n) is 3.87. The number of anilines is 1. The first-order valence-corrected chi connectivity index (χ1v) is 7.20. The standard InChI is InChI=1S/C15H16ClN3O2/c1-3-19-12(13(16)9(2)18-19)8-15(21)10-6-4-5-7-11(10)17-14(15)20/h4-7,21H,3,8H2,1-2H3,(H,17,20). The number of carbonyl (C=O) groups is 1. The van der Waals surface area contributed by atoms with Crippen molar-refractivity contribution in [3.63, 3.8) is 0 Å². The van der Waals surface area contributed by atoms with E-state index in [0.29, 0.717) is 34.2 Å². The van der Waals surface area contributed by atoms with Crippen LogP contribution in [0.25, 0.3) is 0 Å². The first kappa shape index (κ1) is 14.1. The molecule has 1 aliphatic heterocycles. The van der Waals surface area contributed by atoms with Gasteiger partial charge < -0.3 is 10.4 Å². The number of hydrogen-bond acceptors (Lipinski definition) is 3. The van der Waals surface area contributed by atoms with E-state index in [9.17, 15) is 9.90 Å². The van der Waals surface area contributed by atoms with Crippen molar-refractivity contribution in [2.75, 3.05) is 5.32 Å². The van der Waals surface area contributed by atoms with Crippen LogP contribution in [0.2, 0.25) is 5.02 Å². The summed E-state index contributed by atoms with van der Waals surface area (Å²) in [5, 5.41) is 18.4. The molecular formula is C15H16ClN3O2. The summed E-state index contributed by atoms with van der Waals surface area (Å²) in [5.41, 5.74) is 0.974. The molecule has 1 unspecified atom stereocenters. The molecule has 2 heterocycles. The number of amides is 1. The molecule has 3 rings (SSSR count). The number of halogens is 1. The monoisotopic (exact) mass is 305 g/mol. The van der Waals surface area contributed by atoms with Crippen molar-refractivity contribution in [2.45, 2.75) is 32.4 Å². The van der Waals surface area contributed by atoms with E-state index < -0.39 is 11.5 Å². The van der Waals surface area contributed by atoms with E-state index in [1.807, 2.05) is 19.9 Å². The molecular weight excluding hydrogens is 290 g/mol. The molecule has 5 nitrogen and oxygen atoms in total. The normalized spacial score (nSPS) is 20.5. The third-order valence-corrected chi connectivity index (χ3v) is 4.36. The Balaban J connectivity index is 2.07. The Morgan fingerprint density at radius 1 is 1.43 bits per heavy atom. The van der Waals surface area contributed by atoms with E-state index in [2.05, 4.69) is 10.4 Å². The number of nitrogens with zero attached hydrogens (tertiary/aromatic N) is 2. The molecule has 0 saturated carbocycles. The second-order valence-corrected chi connectivity index (χ2v) is 5.58. The van der Waals surface area contributed by atoms with Crippen LogP contribution in [0, 0.1) is 6.92 Å². The van der Waals surface area contributed by atoms with E-state index in [1.165, 1.54) is 0 Å². The topological polar surface area (TPSA) is 67.1 Å². The summed E-state index contributed by atoms with van der Waals surface area (Å²) in [4.78, 5) is 12.2. The molecule has 2 aromatic rings. The lowest BCUT2D eigenvalue weighted by Crippen LogP contribution is -2.37. The Bertz CT molecular complexity index is 726. The summed E-state index contributed by atoms with van der Waals surface area (Å²) in [6.45, 7) is 4.38. The van der Waals surface area contributed by atoms with Crippen molar-refractivity contribution in [3.05, 3.63) is 46.2 Å². The van der Waals surface area contributed by atoms with Crippen LogP contribution in [0.15, 0.2) is 24.3 Å². The zero-order valence-corrected chi connectivity index (χ0v) is 12.6. The molecule has 2 N–H and O–H groups in total. The van der Waals surface area contributed by atoms with Crippen molar-refractivity contribution in [1.82, 2.24) is 9.78 Å². The molecule has 0 radical (unpaired) electrons. The zero-order valence-electron chi connectivity index (χ0n) is 11.9. The molecule has 1 aliphatic rings. The number of aryl methyl sites for hydroxylation is 2. The van der Waals surface area contributed by atoms with Gasteiger partial charge >= 0.3 is 0 Å². The third kappa shape index (κ3) is 2.04. The maximum Gasteiger partial charge on any atom is 0.261 e. The van der Waals surface area contributed by atoms with Gasteiger partial charge in [0.15, 0.2) is 5.60 Å². The van der Waals surface area contributed by atoms with Crippen LogP contribution in [0.5, 0.6) is 0 Å². The number of benzene rings is 1. The van der Waals surface area contributed by atoms with Crippen molar-refractivity contribution in [1.29, 1.82) is 0 Å². The summed E-state index contributed by atoms with van der Waals surface area (Å²) in [6.07, 6.45) is 0.101. The lowest BCUT2D eigenvalue weighted by molar-refractivity contribution is -0.133. The van der Waals surface area contributed by atoms with Gasteiger partial charge in [-0.3, -0.25) is 9.48 Å². The van der Waals surface area contributed by atoms with E-state index in [4.69, 9.17) is 11.6 Å². The molecule has 1 aromatic carbocycles. The Morgan fingerprint density at radius 2 is 2.14 bits per heavy atom. The average Bonchev–Trinajstić information content (AvgIpc) is 2.88. The first-order chi connectivity index (χ1) is 9.97. The molecule has 1 aromatic heterocycles. The number of fused-ring (bicyclic) bond motifs is 1. The van der Waals surface area contributed by atoms with Gasteiger partial charge in [-0.1, -0.05) is 29.8 Å². The highest BCUT2D eigenvalue weighted by Gasteiger charge is 2.46. The summed E-state index contributed by atoms with van der Waals surface area (Å²) >= 11 is 6.28. The maximum absolute atomic E-state index is 12.2. The minimum Gasteiger partial charge on any atom is -0.375 e. The van der Waals surface area contributed by atoms with Crippen molar-refractivity contribution in [2.24, 2.45) is 0 Å². The first-order valence-electron chi connectivity index (χ1n) is 6.82. The predicted molar refractivity (Wildman–Crippen MR) is 80.3 cm³/mol. The zero-order chi connectivity index (χ0) is 15.2. The summed E-state index contributed by atoms with van der Waals surface area (Å²) < 4.78 is 1.73. The van der Waals surface area contributed by atoms with Gasteiger partial charge in [0.1, 0.15) is 0 Å². The fourth-order valence-corrected chi connectivity index (χ4v) is 2.96. The summed E-state index contributed by atoms with van der Waals surface area (Å²) in [6, 6.07) is 7.14. The second-order valence-electron chi connectivity index (χ2n) is 5.20. The number of rotatable bonds is 3. The molecule has 6 heteroatoms. The number of hydrogen-bond donors (Lipinski definition) is 2. The van der Waals surface area contributed by atoms with Gasteiger partial charge in [-0.05, 0) is 19.9 Å². The quantitative estimate of drug-likeness (QED) is 0.914. The van der Waals surface area contributed by atoms with E-state index >= 15 is 0 Å². The van der Waals surface area contributed by atoms with Crippen LogP contribution in [0.1, 0.15) is 23.9 Å². The van der Waals surface area contributed by atoms with Gasteiger partial charge in [-0.2, -0.15) is 5.10 Å². The predicted octanol–water partition coefficient (Wildman–Crippen LogP) is 2.25. The number of nitrogens with one attached hydrogen (secondary N) is 1. The molecule has 110 valence electrons. The van der Waals surface area contributed by atoms with Gasteiger partial charge in [-0.15, -0.1) is 0 Å². The lowest BCUT2D eigenvalue weighted by Gasteiger charge is -2.21. The molecule has 0 bridgehead atoms. The van der Waals surface area contributed by atoms with Crippen LogP contribution >= 0.6 is 11.6 Å². The largest absolute Gasteiger partial charge is 0.375 e. The molecule has 21 heavy (non-hydrogen) atoms. The van der Waals surface area contributed by atoms with Crippen molar-refractivity contribution < 1.29 is 9.90 Å². The van der Waals surface area contributed by atoms with E-state index in [0.717, 1.165) is 0 Å². The maximum atomic E-state index is 12.2. The highest BCUT2D eigenvalue weighted by Crippen LogP contribution is 2.39. The van der Waals surface area contributed by atoms with Gasteiger partial charge in [-0.25, -0.2) is 0 Å². The van der Waals surface area contributed by atoms with Crippen LogP contribution < -0.4 is 5.32 Å².